The van der Waals surface area contributed by atoms with E-state index in [1.165, 1.54) is 12.1 Å². The van der Waals surface area contributed by atoms with E-state index < -0.39 is 17.6 Å². The second-order valence-electron chi connectivity index (χ2n) is 6.55. The van der Waals surface area contributed by atoms with Crippen molar-refractivity contribution in [1.82, 2.24) is 14.8 Å². The number of pyridine rings is 1. The summed E-state index contributed by atoms with van der Waals surface area (Å²) in [6, 6.07) is 6.03. The third-order valence-electron chi connectivity index (χ3n) is 4.72. The number of amides is 1. The van der Waals surface area contributed by atoms with Gasteiger partial charge in [0.25, 0.3) is 0 Å². The molecule has 1 atom stereocenters. The van der Waals surface area contributed by atoms with Crippen LogP contribution in [-0.2, 0) is 11.2 Å². The van der Waals surface area contributed by atoms with Gasteiger partial charge < -0.3 is 5.73 Å². The second kappa shape index (κ2) is 7.48. The van der Waals surface area contributed by atoms with Gasteiger partial charge in [0.1, 0.15) is 5.82 Å². The summed E-state index contributed by atoms with van der Waals surface area (Å²) < 4.78 is 15.1. The lowest BCUT2D eigenvalue weighted by atomic mass is 9.90. The van der Waals surface area contributed by atoms with Crippen molar-refractivity contribution in [2.45, 2.75) is 33.1 Å². The molecule has 5 nitrogen and oxygen atoms in total. The zero-order valence-electron chi connectivity index (χ0n) is 15.3. The number of rotatable bonds is 5. The summed E-state index contributed by atoms with van der Waals surface area (Å²) in [6.07, 6.45) is 3.72. The average molecular weight is 387 g/mol. The van der Waals surface area contributed by atoms with Crippen molar-refractivity contribution in [3.05, 3.63) is 75.6 Å². The normalized spacial score (nSPS) is 12.2. The van der Waals surface area contributed by atoms with Gasteiger partial charge in [-0.1, -0.05) is 17.7 Å². The Hall–Kier alpha value is -2.73. The van der Waals surface area contributed by atoms with Crippen molar-refractivity contribution in [3.63, 3.8) is 0 Å². The van der Waals surface area contributed by atoms with E-state index in [0.717, 1.165) is 22.5 Å². The Bertz CT molecular complexity index is 1020. The fourth-order valence-electron chi connectivity index (χ4n) is 3.32. The van der Waals surface area contributed by atoms with Crippen LogP contribution in [0.25, 0.3) is 5.69 Å². The fraction of sp³-hybridized carbons (Fsp3) is 0.250. The van der Waals surface area contributed by atoms with Crippen molar-refractivity contribution < 1.29 is 9.18 Å². The zero-order valence-corrected chi connectivity index (χ0v) is 16.1. The van der Waals surface area contributed by atoms with Crippen molar-refractivity contribution in [3.8, 4) is 5.69 Å². The Morgan fingerprint density at radius 3 is 2.67 bits per heavy atom. The predicted molar refractivity (Wildman–Crippen MR) is 103 cm³/mol. The molecule has 0 aliphatic rings. The number of nitrogens with zero attached hydrogens (tertiary/aromatic N) is 3. The highest BCUT2D eigenvalue weighted by molar-refractivity contribution is 6.31. The molecule has 1 amide bonds. The van der Waals surface area contributed by atoms with Crippen molar-refractivity contribution in [2.24, 2.45) is 5.73 Å². The van der Waals surface area contributed by atoms with Gasteiger partial charge in [0.05, 0.1) is 23.5 Å². The third-order valence-corrected chi connectivity index (χ3v) is 5.07. The number of hydrogen-bond acceptors (Lipinski definition) is 3. The van der Waals surface area contributed by atoms with Gasteiger partial charge in [-0.25, -0.2) is 9.07 Å². The zero-order chi connectivity index (χ0) is 19.7. The van der Waals surface area contributed by atoms with Gasteiger partial charge >= 0.3 is 0 Å². The van der Waals surface area contributed by atoms with E-state index in [9.17, 15) is 9.18 Å². The van der Waals surface area contributed by atoms with E-state index in [-0.39, 0.29) is 11.4 Å². The molecule has 0 bridgehead atoms. The molecule has 1 aromatic carbocycles. The minimum Gasteiger partial charge on any atom is -0.369 e. The largest absolute Gasteiger partial charge is 0.369 e. The molecule has 7 heteroatoms. The van der Waals surface area contributed by atoms with Crippen LogP contribution >= 0.6 is 11.6 Å². The molecule has 0 fully saturated rings. The molecule has 27 heavy (non-hydrogen) atoms. The number of benzene rings is 1. The van der Waals surface area contributed by atoms with Crippen LogP contribution in [0.15, 0.2) is 36.7 Å². The number of carbonyl (C=O) groups excluding carboxylic acids is 1. The molecule has 0 saturated heterocycles. The number of carbonyl (C=O) groups is 1. The van der Waals surface area contributed by atoms with Crippen LogP contribution in [0.3, 0.4) is 0 Å². The number of nitrogens with two attached hydrogens (primary N) is 1. The fourth-order valence-corrected chi connectivity index (χ4v) is 3.57. The summed E-state index contributed by atoms with van der Waals surface area (Å²) in [4.78, 5) is 16.4. The summed E-state index contributed by atoms with van der Waals surface area (Å²) in [6.45, 7) is 5.70. The van der Waals surface area contributed by atoms with Gasteiger partial charge in [0.15, 0.2) is 0 Å². The van der Waals surface area contributed by atoms with Crippen LogP contribution in [0.1, 0.15) is 34.0 Å². The molecular weight excluding hydrogens is 367 g/mol. The highest BCUT2D eigenvalue weighted by atomic mass is 35.5. The molecule has 0 radical (unpaired) electrons. The van der Waals surface area contributed by atoms with Gasteiger partial charge in [0, 0.05) is 22.5 Å². The van der Waals surface area contributed by atoms with E-state index in [0.29, 0.717) is 11.3 Å². The van der Waals surface area contributed by atoms with E-state index in [4.69, 9.17) is 17.3 Å². The van der Waals surface area contributed by atoms with Crippen LogP contribution in [0.4, 0.5) is 4.39 Å². The minimum atomic E-state index is -0.626. The number of primary amides is 1. The molecule has 0 spiro atoms. The molecule has 1 unspecified atom stereocenters. The highest BCUT2D eigenvalue weighted by Crippen LogP contribution is 2.31. The lowest BCUT2D eigenvalue weighted by Gasteiger charge is -2.16. The van der Waals surface area contributed by atoms with Crippen LogP contribution in [-0.4, -0.2) is 20.7 Å². The first-order valence-corrected chi connectivity index (χ1v) is 8.87. The maximum atomic E-state index is 13.3. The molecule has 3 aromatic rings. The molecular formula is C20H20ClFN4O. The average Bonchev–Trinajstić information content (AvgIpc) is 2.89. The van der Waals surface area contributed by atoms with Gasteiger partial charge in [-0.15, -0.1) is 0 Å². The Kier molecular flexibility index (Phi) is 5.28. The van der Waals surface area contributed by atoms with E-state index in [1.807, 2.05) is 26.8 Å². The summed E-state index contributed by atoms with van der Waals surface area (Å²) in [5.41, 5.74) is 10.5. The van der Waals surface area contributed by atoms with Gasteiger partial charge in [-0.2, -0.15) is 5.10 Å². The molecule has 0 aliphatic heterocycles. The molecule has 0 aliphatic carbocycles. The monoisotopic (exact) mass is 386 g/mol. The molecule has 140 valence electrons. The van der Waals surface area contributed by atoms with E-state index in [2.05, 4.69) is 10.1 Å². The second-order valence-corrected chi connectivity index (χ2v) is 6.96. The Balaban J connectivity index is 2.07. The Morgan fingerprint density at radius 2 is 2.04 bits per heavy atom. The van der Waals surface area contributed by atoms with Crippen molar-refractivity contribution in [2.75, 3.05) is 0 Å². The van der Waals surface area contributed by atoms with Gasteiger partial charge in [0.2, 0.25) is 5.91 Å². The van der Waals surface area contributed by atoms with Crippen LogP contribution in [0.5, 0.6) is 0 Å². The van der Waals surface area contributed by atoms with Crippen LogP contribution in [0, 0.1) is 26.6 Å². The first kappa shape index (κ1) is 19.0. The van der Waals surface area contributed by atoms with E-state index in [1.54, 1.807) is 23.1 Å². The smallest absolute Gasteiger partial charge is 0.225 e. The summed E-state index contributed by atoms with van der Waals surface area (Å²) in [5, 5.41) is 4.87. The Morgan fingerprint density at radius 1 is 1.30 bits per heavy atom. The van der Waals surface area contributed by atoms with Crippen molar-refractivity contribution in [1.29, 1.82) is 0 Å². The number of aromatic nitrogens is 3. The predicted octanol–water partition coefficient (Wildman–Crippen LogP) is 3.80. The highest BCUT2D eigenvalue weighted by Gasteiger charge is 2.27. The van der Waals surface area contributed by atoms with E-state index >= 15 is 0 Å². The van der Waals surface area contributed by atoms with Crippen LogP contribution < -0.4 is 5.73 Å². The minimum absolute atomic E-state index is 0.270. The first-order chi connectivity index (χ1) is 12.8. The summed E-state index contributed by atoms with van der Waals surface area (Å²) in [5.74, 6) is -1.53. The first-order valence-electron chi connectivity index (χ1n) is 8.50. The molecule has 2 N–H and O–H groups in total. The molecule has 3 rings (SSSR count). The maximum absolute atomic E-state index is 13.3. The molecule has 2 heterocycles. The van der Waals surface area contributed by atoms with Gasteiger partial charge in [-0.05, 0) is 56.5 Å². The van der Waals surface area contributed by atoms with Crippen molar-refractivity contribution >= 4 is 17.5 Å². The Labute approximate surface area is 162 Å². The maximum Gasteiger partial charge on any atom is 0.225 e. The topological polar surface area (TPSA) is 73.8 Å². The lowest BCUT2D eigenvalue weighted by molar-refractivity contribution is -0.119. The number of halogens is 2. The third kappa shape index (κ3) is 3.71. The molecule has 0 saturated carbocycles. The SMILES string of the molecule is Cc1ccncc1-n1nc(C)c(C(Cc2ccc(F)cc2Cl)C(N)=O)c1C. The standard InChI is InChI=1S/C20H20ClFN4O/c1-11-6-7-24-10-18(11)26-13(3)19(12(2)25-26)16(20(23)27)8-14-4-5-15(22)9-17(14)21/h4-7,9-10,16H,8H2,1-3H3,(H2,23,27). The quantitative estimate of drug-likeness (QED) is 0.724. The van der Waals surface area contributed by atoms with Crippen LogP contribution in [0.2, 0.25) is 5.02 Å². The van der Waals surface area contributed by atoms with Gasteiger partial charge in [-0.3, -0.25) is 9.78 Å². The lowest BCUT2D eigenvalue weighted by Crippen LogP contribution is -2.24. The summed E-state index contributed by atoms with van der Waals surface area (Å²) in [7, 11) is 0. The number of aryl methyl sites for hydroxylation is 2. The molecule has 2 aromatic heterocycles. The number of hydrogen-bond donors (Lipinski definition) is 1. The summed E-state index contributed by atoms with van der Waals surface area (Å²) >= 11 is 6.15.